The van der Waals surface area contributed by atoms with Gasteiger partial charge >= 0.3 is 0 Å². The molecule has 0 unspecified atom stereocenters. The van der Waals surface area contributed by atoms with Crippen molar-refractivity contribution in [3.63, 3.8) is 0 Å². The van der Waals surface area contributed by atoms with E-state index in [2.05, 4.69) is 25.5 Å². The summed E-state index contributed by atoms with van der Waals surface area (Å²) in [7, 11) is 0. The van der Waals surface area contributed by atoms with Gasteiger partial charge in [-0.1, -0.05) is 18.2 Å². The highest BCUT2D eigenvalue weighted by Gasteiger charge is 2.10. The zero-order valence-electron chi connectivity index (χ0n) is 14.2. The second-order valence-electron chi connectivity index (χ2n) is 5.72. The molecule has 26 heavy (non-hydrogen) atoms. The molecule has 6 nitrogen and oxygen atoms in total. The minimum absolute atomic E-state index is 0.579. The zero-order chi connectivity index (χ0) is 17.8. The number of anilines is 1. The molecular weight excluding hydrogens is 324 g/mol. The van der Waals surface area contributed by atoms with Crippen LogP contribution >= 0.6 is 0 Å². The van der Waals surface area contributed by atoms with E-state index in [1.165, 1.54) is 0 Å². The number of hydrazone groups is 1. The molecule has 0 saturated heterocycles. The van der Waals surface area contributed by atoms with E-state index in [1.54, 1.807) is 24.8 Å². The maximum absolute atomic E-state index is 4.69. The summed E-state index contributed by atoms with van der Waals surface area (Å²) < 4.78 is 0. The lowest BCUT2D eigenvalue weighted by Crippen LogP contribution is -2.00. The summed E-state index contributed by atoms with van der Waals surface area (Å²) in [6.45, 7) is 2.02. The average Bonchev–Trinajstić information content (AvgIpc) is 2.69. The monoisotopic (exact) mass is 340 g/mol. The molecule has 1 N–H and O–H groups in total. The Morgan fingerprint density at radius 2 is 1.77 bits per heavy atom. The first kappa shape index (κ1) is 15.8. The maximum Gasteiger partial charge on any atom is 0.173 e. The third-order valence-corrected chi connectivity index (χ3v) is 3.89. The van der Waals surface area contributed by atoms with Gasteiger partial charge in [-0.2, -0.15) is 5.10 Å². The van der Waals surface area contributed by atoms with Gasteiger partial charge in [0.1, 0.15) is 5.52 Å². The van der Waals surface area contributed by atoms with Gasteiger partial charge in [0.15, 0.2) is 5.82 Å². The molecule has 6 heteroatoms. The fourth-order valence-corrected chi connectivity index (χ4v) is 2.65. The van der Waals surface area contributed by atoms with Crippen molar-refractivity contribution >= 4 is 22.9 Å². The Hall–Kier alpha value is -3.67. The van der Waals surface area contributed by atoms with Crippen molar-refractivity contribution in [3.05, 3.63) is 78.4 Å². The number of nitrogens with one attached hydrogen (secondary N) is 1. The standard InChI is InChI=1S/C20H16N6/c1-14-6-4-10-22-18(14)17-12-15-7-5-11-23-19(15)20(25-17)26-24-13-16-8-2-3-9-21-16/h2-13H,1H3,(H,25,26)/b24-13+. The molecule has 4 heterocycles. The molecule has 0 aliphatic carbocycles. The van der Waals surface area contributed by atoms with Crippen LogP contribution in [0.2, 0.25) is 0 Å². The molecule has 4 rings (SSSR count). The summed E-state index contributed by atoms with van der Waals surface area (Å²) in [5, 5.41) is 5.23. The lowest BCUT2D eigenvalue weighted by molar-refractivity contribution is 1.19. The van der Waals surface area contributed by atoms with Gasteiger partial charge in [-0.25, -0.2) is 4.98 Å². The predicted octanol–water partition coefficient (Wildman–Crippen LogP) is 3.84. The Morgan fingerprint density at radius 3 is 2.62 bits per heavy atom. The fraction of sp³-hybridized carbons (Fsp3) is 0.0500. The van der Waals surface area contributed by atoms with Crippen LogP contribution < -0.4 is 5.43 Å². The topological polar surface area (TPSA) is 76.0 Å². The molecule has 4 aromatic rings. The molecule has 4 aromatic heterocycles. The lowest BCUT2D eigenvalue weighted by atomic mass is 10.1. The fourth-order valence-electron chi connectivity index (χ4n) is 2.65. The Kier molecular flexibility index (Phi) is 4.30. The summed E-state index contributed by atoms with van der Waals surface area (Å²) in [4.78, 5) is 17.8. The van der Waals surface area contributed by atoms with Crippen molar-refractivity contribution in [1.29, 1.82) is 0 Å². The zero-order valence-corrected chi connectivity index (χ0v) is 14.2. The van der Waals surface area contributed by atoms with E-state index in [-0.39, 0.29) is 0 Å². The molecule has 0 amide bonds. The highest BCUT2D eigenvalue weighted by atomic mass is 15.3. The molecule has 0 saturated carbocycles. The molecule has 0 bridgehead atoms. The van der Waals surface area contributed by atoms with Gasteiger partial charge in [-0.3, -0.25) is 20.4 Å². The van der Waals surface area contributed by atoms with Crippen LogP contribution in [0, 0.1) is 6.92 Å². The summed E-state index contributed by atoms with van der Waals surface area (Å²) in [6, 6.07) is 15.5. The number of aromatic nitrogens is 4. The number of hydrogen-bond donors (Lipinski definition) is 1. The van der Waals surface area contributed by atoms with Crippen LogP contribution in [0.25, 0.3) is 22.3 Å². The summed E-state index contributed by atoms with van der Waals surface area (Å²) in [5.74, 6) is 0.579. The van der Waals surface area contributed by atoms with Crippen LogP contribution in [0.1, 0.15) is 11.3 Å². The second kappa shape index (κ2) is 7.06. The van der Waals surface area contributed by atoms with Gasteiger partial charge in [0.05, 0.1) is 23.3 Å². The van der Waals surface area contributed by atoms with Crippen molar-refractivity contribution in [2.24, 2.45) is 5.10 Å². The van der Waals surface area contributed by atoms with Crippen LogP contribution in [-0.4, -0.2) is 26.2 Å². The molecule has 0 fully saturated rings. The van der Waals surface area contributed by atoms with Crippen LogP contribution in [0.3, 0.4) is 0 Å². The maximum atomic E-state index is 4.69. The summed E-state index contributed by atoms with van der Waals surface area (Å²) in [6.07, 6.45) is 6.88. The van der Waals surface area contributed by atoms with Crippen molar-refractivity contribution in [1.82, 2.24) is 19.9 Å². The van der Waals surface area contributed by atoms with Gasteiger partial charge in [0, 0.05) is 24.0 Å². The van der Waals surface area contributed by atoms with Gasteiger partial charge in [-0.15, -0.1) is 0 Å². The van der Waals surface area contributed by atoms with E-state index in [0.29, 0.717) is 5.82 Å². The van der Waals surface area contributed by atoms with Gasteiger partial charge in [0.2, 0.25) is 0 Å². The SMILES string of the molecule is Cc1cccnc1-c1cc2cccnc2c(N/N=C/c2ccccn2)n1. The van der Waals surface area contributed by atoms with Gasteiger partial charge in [-0.05, 0) is 42.8 Å². The summed E-state index contributed by atoms with van der Waals surface area (Å²) >= 11 is 0. The number of pyridine rings is 4. The Bertz CT molecular complexity index is 1080. The normalized spacial score (nSPS) is 11.1. The van der Waals surface area contributed by atoms with Crippen molar-refractivity contribution in [2.75, 3.05) is 5.43 Å². The predicted molar refractivity (Wildman–Crippen MR) is 103 cm³/mol. The molecule has 126 valence electrons. The first-order chi connectivity index (χ1) is 12.8. The number of aryl methyl sites for hydroxylation is 1. The van der Waals surface area contributed by atoms with Crippen LogP contribution in [-0.2, 0) is 0 Å². The largest absolute Gasteiger partial charge is 0.259 e. The molecule has 0 aromatic carbocycles. The van der Waals surface area contributed by atoms with Crippen molar-refractivity contribution in [2.45, 2.75) is 6.92 Å². The van der Waals surface area contributed by atoms with E-state index in [0.717, 1.165) is 33.5 Å². The molecule has 0 spiro atoms. The smallest absolute Gasteiger partial charge is 0.173 e. The Labute approximate surface area is 150 Å². The van der Waals surface area contributed by atoms with E-state index in [1.807, 2.05) is 55.5 Å². The van der Waals surface area contributed by atoms with Gasteiger partial charge in [0.25, 0.3) is 0 Å². The van der Waals surface area contributed by atoms with Crippen molar-refractivity contribution in [3.8, 4) is 11.4 Å². The van der Waals surface area contributed by atoms with E-state index < -0.39 is 0 Å². The third-order valence-electron chi connectivity index (χ3n) is 3.89. The third kappa shape index (κ3) is 3.25. The van der Waals surface area contributed by atoms with Crippen molar-refractivity contribution < 1.29 is 0 Å². The first-order valence-corrected chi connectivity index (χ1v) is 8.19. The first-order valence-electron chi connectivity index (χ1n) is 8.19. The Morgan fingerprint density at radius 1 is 0.923 bits per heavy atom. The minimum atomic E-state index is 0.579. The number of rotatable bonds is 4. The molecule has 0 aliphatic heterocycles. The minimum Gasteiger partial charge on any atom is -0.259 e. The highest BCUT2D eigenvalue weighted by molar-refractivity contribution is 5.91. The number of nitrogens with zero attached hydrogens (tertiary/aromatic N) is 5. The average molecular weight is 340 g/mol. The molecule has 0 atom stereocenters. The molecule has 0 aliphatic rings. The molecular formula is C20H16N6. The Balaban J connectivity index is 1.75. The number of hydrogen-bond acceptors (Lipinski definition) is 6. The van der Waals surface area contributed by atoms with E-state index in [4.69, 9.17) is 4.98 Å². The number of fused-ring (bicyclic) bond motifs is 1. The second-order valence-corrected chi connectivity index (χ2v) is 5.72. The lowest BCUT2D eigenvalue weighted by Gasteiger charge is -2.09. The summed E-state index contributed by atoms with van der Waals surface area (Å²) in [5.41, 5.74) is 7.19. The molecule has 0 radical (unpaired) electrons. The van der Waals surface area contributed by atoms with Crippen LogP contribution in [0.4, 0.5) is 5.82 Å². The van der Waals surface area contributed by atoms with Gasteiger partial charge < -0.3 is 0 Å². The van der Waals surface area contributed by atoms with Crippen LogP contribution in [0.15, 0.2) is 72.2 Å². The quantitative estimate of drug-likeness (QED) is 0.451. The highest BCUT2D eigenvalue weighted by Crippen LogP contribution is 2.26. The van der Waals surface area contributed by atoms with E-state index in [9.17, 15) is 0 Å². The van der Waals surface area contributed by atoms with Crippen LogP contribution in [0.5, 0.6) is 0 Å². The van der Waals surface area contributed by atoms with E-state index >= 15 is 0 Å².